The van der Waals surface area contributed by atoms with Gasteiger partial charge in [0.1, 0.15) is 6.04 Å². The number of hydrogen-bond acceptors (Lipinski definition) is 9. The topological polar surface area (TPSA) is 135 Å². The molecule has 10 rings (SSSR count). The van der Waals surface area contributed by atoms with Gasteiger partial charge in [0.25, 0.3) is 18.2 Å². The molecule has 1 spiro atoms. The average molecular weight is 763 g/mol. The highest BCUT2D eigenvalue weighted by Crippen LogP contribution is 2.53. The van der Waals surface area contributed by atoms with Crippen LogP contribution in [0.25, 0.3) is 10.9 Å². The minimum absolute atomic E-state index is 0.0669. The normalized spacial score (nSPS) is 25.2. The number of imide groups is 2. The summed E-state index contributed by atoms with van der Waals surface area (Å²) in [7, 11) is 0. The molecular weight excluding hydrogens is 719 g/mol. The SMILES string of the molecule is C[C@@H]1Cc2c([nH]c3ccccc23)[C@@H](c2cnc(N3CCC4(CC3)CC(CN3Cc5cc6c(cc5C3)C(=O)N(C3CCC(=O)NC3=O)C6=O)C4)nc2)N1CC(F)F. The number of anilines is 1. The summed E-state index contributed by atoms with van der Waals surface area (Å²) >= 11 is 0. The van der Waals surface area contributed by atoms with Crippen molar-refractivity contribution >= 4 is 40.5 Å². The van der Waals surface area contributed by atoms with Crippen LogP contribution in [0.3, 0.4) is 0 Å². The van der Waals surface area contributed by atoms with E-state index in [-0.39, 0.29) is 37.4 Å². The number of aromatic amines is 1. The first-order chi connectivity index (χ1) is 27.0. The Morgan fingerprint density at radius 2 is 1.62 bits per heavy atom. The van der Waals surface area contributed by atoms with Crippen molar-refractivity contribution in [2.24, 2.45) is 11.3 Å². The largest absolute Gasteiger partial charge is 0.357 e. The Kier molecular flexibility index (Phi) is 8.37. The lowest BCUT2D eigenvalue weighted by Crippen LogP contribution is -2.54. The number of hydrogen-bond donors (Lipinski definition) is 2. The molecule has 290 valence electrons. The van der Waals surface area contributed by atoms with Gasteiger partial charge < -0.3 is 9.88 Å². The second-order valence-electron chi connectivity index (χ2n) is 17.0. The van der Waals surface area contributed by atoms with Crippen molar-refractivity contribution in [2.45, 2.75) is 89.5 Å². The van der Waals surface area contributed by atoms with Crippen molar-refractivity contribution in [2.75, 3.05) is 31.1 Å². The number of carbonyl (C=O) groups excluding carboxylic acids is 4. The minimum Gasteiger partial charge on any atom is -0.357 e. The van der Waals surface area contributed by atoms with Crippen LogP contribution in [0, 0.1) is 11.3 Å². The molecule has 0 bridgehead atoms. The number of carbonyl (C=O) groups is 4. The maximum Gasteiger partial charge on any atom is 0.262 e. The zero-order valence-electron chi connectivity index (χ0n) is 31.3. The Labute approximate surface area is 322 Å². The van der Waals surface area contributed by atoms with Gasteiger partial charge in [0.15, 0.2) is 0 Å². The molecule has 4 amide bonds. The van der Waals surface area contributed by atoms with Crippen LogP contribution in [0.2, 0.25) is 0 Å². The van der Waals surface area contributed by atoms with E-state index in [1.807, 2.05) is 54.5 Å². The van der Waals surface area contributed by atoms with Gasteiger partial charge in [-0.25, -0.2) is 18.7 Å². The highest BCUT2D eigenvalue weighted by Gasteiger charge is 2.48. The Morgan fingerprint density at radius 1 is 0.946 bits per heavy atom. The van der Waals surface area contributed by atoms with Gasteiger partial charge in [-0.15, -0.1) is 0 Å². The first-order valence-electron chi connectivity index (χ1n) is 19.8. The smallest absolute Gasteiger partial charge is 0.262 e. The van der Waals surface area contributed by atoms with Gasteiger partial charge in [0.2, 0.25) is 17.8 Å². The molecule has 5 aliphatic heterocycles. The summed E-state index contributed by atoms with van der Waals surface area (Å²) in [6.07, 6.45) is 6.59. The molecule has 3 fully saturated rings. The number of amides is 4. The molecule has 2 aromatic carbocycles. The summed E-state index contributed by atoms with van der Waals surface area (Å²) in [5.41, 5.74) is 7.04. The molecule has 7 heterocycles. The van der Waals surface area contributed by atoms with Gasteiger partial charge in [0.05, 0.1) is 23.7 Å². The van der Waals surface area contributed by atoms with Crippen LogP contribution in [-0.4, -0.2) is 98.0 Å². The first kappa shape index (κ1) is 35.3. The Morgan fingerprint density at radius 3 is 2.29 bits per heavy atom. The molecule has 2 saturated heterocycles. The zero-order valence-corrected chi connectivity index (χ0v) is 31.3. The Hall–Kier alpha value is -5.08. The van der Waals surface area contributed by atoms with Crippen LogP contribution in [0.15, 0.2) is 48.8 Å². The third-order valence-corrected chi connectivity index (χ3v) is 13.5. The molecule has 2 aromatic heterocycles. The maximum absolute atomic E-state index is 13.9. The number of para-hydroxylation sites is 1. The van der Waals surface area contributed by atoms with Gasteiger partial charge in [-0.05, 0) is 91.7 Å². The standard InChI is InChI=1S/C42H44F2N8O4/c1-23-12-29-28-4-2-3-5-32(28)47-36(29)37(51(23)22-34(43)44)27-17-45-41(46-18-27)50-10-8-42(9-11-50)15-24(16-42)19-49-20-25-13-30-31(14-26(25)21-49)40(56)52(39(30)55)33-6-7-35(53)48-38(33)54/h2-5,13-14,17-18,23-24,33-34,37,47H,6-12,15-16,19-22H2,1H3,(H,48,53,54)/t23-,33?,37-/m1/s1. The lowest BCUT2D eigenvalue weighted by molar-refractivity contribution is -0.136. The molecule has 14 heteroatoms. The van der Waals surface area contributed by atoms with E-state index >= 15 is 0 Å². The van der Waals surface area contributed by atoms with Crippen LogP contribution in [0.1, 0.15) is 100 Å². The van der Waals surface area contributed by atoms with Gasteiger partial charge >= 0.3 is 0 Å². The molecule has 6 aliphatic rings. The van der Waals surface area contributed by atoms with Gasteiger partial charge in [-0.2, -0.15) is 0 Å². The molecule has 2 N–H and O–H groups in total. The van der Waals surface area contributed by atoms with Crippen LogP contribution < -0.4 is 10.2 Å². The van der Waals surface area contributed by atoms with Crippen molar-refractivity contribution in [3.8, 4) is 0 Å². The molecule has 56 heavy (non-hydrogen) atoms. The molecule has 4 aromatic rings. The Balaban J connectivity index is 0.753. The number of benzene rings is 2. The fourth-order valence-electron chi connectivity index (χ4n) is 10.8. The number of alkyl halides is 2. The molecule has 1 unspecified atom stereocenters. The summed E-state index contributed by atoms with van der Waals surface area (Å²) < 4.78 is 27.7. The highest BCUT2D eigenvalue weighted by molar-refractivity contribution is 6.23. The number of H-pyrrole nitrogens is 1. The summed E-state index contributed by atoms with van der Waals surface area (Å²) in [5.74, 6) is -0.658. The lowest BCUT2D eigenvalue weighted by atomic mass is 9.57. The van der Waals surface area contributed by atoms with E-state index in [4.69, 9.17) is 9.97 Å². The first-order valence-corrected chi connectivity index (χ1v) is 19.8. The van der Waals surface area contributed by atoms with Gasteiger partial charge in [-0.3, -0.25) is 39.2 Å². The molecule has 12 nitrogen and oxygen atoms in total. The summed E-state index contributed by atoms with van der Waals surface area (Å²) in [5, 5.41) is 3.39. The fourth-order valence-corrected chi connectivity index (χ4v) is 10.8. The van der Waals surface area contributed by atoms with Crippen molar-refractivity contribution in [3.05, 3.63) is 87.9 Å². The second-order valence-corrected chi connectivity index (χ2v) is 17.0. The predicted octanol–water partition coefficient (Wildman–Crippen LogP) is 4.97. The molecule has 1 saturated carbocycles. The Bertz CT molecular complexity index is 2230. The number of aromatic nitrogens is 3. The number of rotatable bonds is 7. The minimum atomic E-state index is -2.45. The summed E-state index contributed by atoms with van der Waals surface area (Å²) in [6.45, 7) is 5.83. The molecule has 1 aliphatic carbocycles. The number of nitrogens with one attached hydrogen (secondary N) is 2. The maximum atomic E-state index is 13.9. The van der Waals surface area contributed by atoms with E-state index in [1.54, 1.807) is 0 Å². The van der Waals surface area contributed by atoms with E-state index < -0.39 is 30.2 Å². The number of fused-ring (bicyclic) bond motifs is 5. The van der Waals surface area contributed by atoms with E-state index in [9.17, 15) is 28.0 Å². The van der Waals surface area contributed by atoms with Crippen molar-refractivity contribution in [3.63, 3.8) is 0 Å². The van der Waals surface area contributed by atoms with E-state index in [0.29, 0.717) is 47.9 Å². The van der Waals surface area contributed by atoms with Crippen LogP contribution in [0.5, 0.6) is 0 Å². The summed E-state index contributed by atoms with van der Waals surface area (Å²) in [4.78, 5) is 71.5. The zero-order chi connectivity index (χ0) is 38.5. The van der Waals surface area contributed by atoms with Crippen molar-refractivity contribution in [1.82, 2.24) is 35.0 Å². The third kappa shape index (κ3) is 5.82. The number of halogens is 2. The van der Waals surface area contributed by atoms with Gasteiger partial charge in [0, 0.05) is 79.7 Å². The molecule has 0 radical (unpaired) electrons. The van der Waals surface area contributed by atoms with Crippen LogP contribution in [-0.2, 0) is 29.1 Å². The van der Waals surface area contributed by atoms with Crippen LogP contribution in [0.4, 0.5) is 14.7 Å². The second kappa shape index (κ2) is 13.3. The van der Waals surface area contributed by atoms with E-state index in [1.165, 1.54) is 5.56 Å². The van der Waals surface area contributed by atoms with Crippen molar-refractivity contribution < 1.29 is 28.0 Å². The summed E-state index contributed by atoms with van der Waals surface area (Å²) in [6, 6.07) is 10.4. The van der Waals surface area contributed by atoms with E-state index in [2.05, 4.69) is 26.2 Å². The predicted molar refractivity (Wildman–Crippen MR) is 202 cm³/mol. The lowest BCUT2D eigenvalue weighted by Gasteiger charge is -2.53. The quantitative estimate of drug-likeness (QED) is 0.251. The fraction of sp³-hybridized carbons (Fsp3) is 0.476. The monoisotopic (exact) mass is 762 g/mol. The third-order valence-electron chi connectivity index (χ3n) is 13.5. The molecular formula is C42H44F2N8O4. The van der Waals surface area contributed by atoms with E-state index in [0.717, 1.165) is 83.5 Å². The molecule has 3 atom stereocenters. The van der Waals surface area contributed by atoms with Crippen LogP contribution >= 0.6 is 0 Å². The average Bonchev–Trinajstić information content (AvgIpc) is 3.81. The number of nitrogens with zero attached hydrogens (tertiary/aromatic N) is 6. The number of piperidine rings is 2. The van der Waals surface area contributed by atoms with Gasteiger partial charge in [-0.1, -0.05) is 18.2 Å². The van der Waals surface area contributed by atoms with Crippen molar-refractivity contribution in [1.29, 1.82) is 0 Å². The highest BCUT2D eigenvalue weighted by atomic mass is 19.3.